The fraction of sp³-hybridized carbons (Fsp3) is 0.545. The van der Waals surface area contributed by atoms with E-state index in [4.69, 9.17) is 61.4 Å². The number of benzene rings is 2. The van der Waals surface area contributed by atoms with Crippen LogP contribution in [0.4, 0.5) is 4.79 Å². The number of rotatable bonds is 12. The molecule has 1 saturated heterocycles. The summed E-state index contributed by atoms with van der Waals surface area (Å²) >= 11 is 0. The number of likely N-dealkylation sites (tertiary alicyclic amines) is 1. The number of phosphoric acid groups is 1. The molecular formula is C33H51N6O14P. The molecule has 2 aromatic carbocycles. The van der Waals surface area contributed by atoms with Gasteiger partial charge in [-0.2, -0.15) is 5.10 Å². The van der Waals surface area contributed by atoms with Crippen molar-refractivity contribution in [3.8, 4) is 5.75 Å². The fourth-order valence-electron chi connectivity index (χ4n) is 5.38. The number of carbonyl (C=O) groups is 2. The van der Waals surface area contributed by atoms with Crippen LogP contribution in [0.5, 0.6) is 5.75 Å². The van der Waals surface area contributed by atoms with Gasteiger partial charge < -0.3 is 71.6 Å². The summed E-state index contributed by atoms with van der Waals surface area (Å²) in [6, 6.07) is 12.4. The summed E-state index contributed by atoms with van der Waals surface area (Å²) in [5.74, 6) is 0.364. The molecule has 1 atom stereocenters. The van der Waals surface area contributed by atoms with Crippen molar-refractivity contribution in [2.75, 3.05) is 59.3 Å². The maximum atomic E-state index is 13.5. The second-order valence-electron chi connectivity index (χ2n) is 13.1. The number of aliphatic hydroxyl groups excluding tert-OH is 6. The van der Waals surface area contributed by atoms with E-state index in [0.717, 1.165) is 5.56 Å². The number of nitrogens with one attached hydrogen (secondary N) is 1. The van der Waals surface area contributed by atoms with Gasteiger partial charge in [-0.1, -0.05) is 30.3 Å². The summed E-state index contributed by atoms with van der Waals surface area (Å²) in [5, 5.41) is 58.1. The first-order valence-electron chi connectivity index (χ1n) is 16.9. The van der Waals surface area contributed by atoms with E-state index in [9.17, 15) is 14.2 Å². The van der Waals surface area contributed by atoms with E-state index in [-0.39, 0.29) is 18.0 Å². The minimum absolute atomic E-state index is 0.320. The van der Waals surface area contributed by atoms with Crippen molar-refractivity contribution in [3.63, 3.8) is 0 Å². The molecule has 13 N–H and O–H groups in total. The molecule has 54 heavy (non-hydrogen) atoms. The van der Waals surface area contributed by atoms with Gasteiger partial charge in [0.2, 0.25) is 0 Å². The Morgan fingerprint density at radius 1 is 0.944 bits per heavy atom. The first-order valence-corrected chi connectivity index (χ1v) is 18.5. The van der Waals surface area contributed by atoms with Crippen LogP contribution in [0.3, 0.4) is 0 Å². The summed E-state index contributed by atoms with van der Waals surface area (Å²) < 4.78 is 28.4. The third-order valence-electron chi connectivity index (χ3n) is 8.78. The van der Waals surface area contributed by atoms with Crippen LogP contribution in [0.1, 0.15) is 48.1 Å². The Hall–Kier alpha value is -3.76. The third-order valence-corrected chi connectivity index (χ3v) is 9.23. The second-order valence-corrected chi connectivity index (χ2v) is 14.3. The molecule has 2 aliphatic rings. The number of amides is 2. The van der Waals surface area contributed by atoms with Crippen LogP contribution in [0.25, 0.3) is 10.9 Å². The third kappa shape index (κ3) is 12.1. The van der Waals surface area contributed by atoms with Crippen LogP contribution in [-0.2, 0) is 20.6 Å². The smallest absolute Gasteiger partial charge is 0.471 e. The van der Waals surface area contributed by atoms with Crippen molar-refractivity contribution >= 4 is 30.7 Å². The molecule has 0 bridgehead atoms. The Labute approximate surface area is 311 Å². The second kappa shape index (κ2) is 19.7. The number of hydrogen-bond acceptors (Lipinski definition) is 15. The van der Waals surface area contributed by atoms with Crippen LogP contribution in [0.2, 0.25) is 0 Å². The van der Waals surface area contributed by atoms with Crippen molar-refractivity contribution in [2.24, 2.45) is 11.5 Å². The molecule has 2 aliphatic heterocycles. The summed E-state index contributed by atoms with van der Waals surface area (Å²) in [4.78, 5) is 45.3. The minimum Gasteiger partial charge on any atom is -0.487 e. The molecule has 5 rings (SSSR count). The van der Waals surface area contributed by atoms with Gasteiger partial charge in [0, 0.05) is 49.5 Å². The number of piperidine rings is 1. The Bertz CT molecular complexity index is 1670. The highest BCUT2D eigenvalue weighted by atomic mass is 31.2. The van der Waals surface area contributed by atoms with Crippen molar-refractivity contribution < 1.29 is 68.6 Å². The lowest BCUT2D eigenvalue weighted by atomic mass is 9.80. The maximum Gasteiger partial charge on any atom is 0.471 e. The Kier molecular flexibility index (Phi) is 16.3. The normalized spacial score (nSPS) is 16.6. The number of para-hydroxylation sites is 1. The van der Waals surface area contributed by atoms with Crippen LogP contribution >= 0.6 is 7.82 Å². The zero-order valence-corrected chi connectivity index (χ0v) is 30.8. The number of nitrogens with two attached hydrogens (primary N) is 2. The standard InChI is InChI=1S/C25H29N4O8P.2C4H11NO3/c1-2-35-24(31)28-12-10-25(11-13-28)14-20(18-7-3-4-9-21(18)37-25)26-23(30)19-8-5-6-17-15-29(27-22(17)19)16-36-38(32,33)34;2*5-4(1-6,2-7)3-8/h3-9,15,20H,2,10-14,16H2,1H3,(H,26,30)(H2,32,33,34);2*6-8H,1-3,5H2/t20-;;/m0../s1. The van der Waals surface area contributed by atoms with E-state index in [1.807, 2.05) is 24.3 Å². The highest BCUT2D eigenvalue weighted by molar-refractivity contribution is 7.46. The Morgan fingerprint density at radius 3 is 2.04 bits per heavy atom. The number of aromatic nitrogens is 2. The van der Waals surface area contributed by atoms with Crippen molar-refractivity contribution in [3.05, 3.63) is 59.8 Å². The number of aliphatic hydroxyl groups is 6. The Balaban J connectivity index is 0.000000410. The van der Waals surface area contributed by atoms with E-state index in [2.05, 4.69) is 14.9 Å². The zero-order valence-electron chi connectivity index (χ0n) is 29.9. The van der Waals surface area contributed by atoms with E-state index in [1.54, 1.807) is 36.2 Å². The quantitative estimate of drug-likeness (QED) is 0.0948. The maximum absolute atomic E-state index is 13.5. The topological polar surface area (TPSA) is 326 Å². The van der Waals surface area contributed by atoms with Gasteiger partial charge in [0.05, 0.1) is 68.9 Å². The number of nitrogens with zero attached hydrogens (tertiary/aromatic N) is 3. The molecule has 0 aliphatic carbocycles. The largest absolute Gasteiger partial charge is 0.487 e. The first kappa shape index (κ1) is 44.6. The molecule has 1 spiro atoms. The molecule has 1 fully saturated rings. The lowest BCUT2D eigenvalue weighted by Crippen LogP contribution is -2.53. The highest BCUT2D eigenvalue weighted by Crippen LogP contribution is 2.44. The van der Waals surface area contributed by atoms with Crippen LogP contribution < -0.4 is 21.5 Å². The monoisotopic (exact) mass is 786 g/mol. The van der Waals surface area contributed by atoms with Crippen molar-refractivity contribution in [2.45, 2.75) is 55.6 Å². The number of carbonyl (C=O) groups excluding carboxylic acids is 2. The first-order chi connectivity index (χ1) is 25.5. The molecule has 1 aromatic heterocycles. The zero-order chi connectivity index (χ0) is 40.2. The van der Waals surface area contributed by atoms with Crippen LogP contribution in [0.15, 0.2) is 48.7 Å². The molecule has 20 nitrogen and oxygen atoms in total. The lowest BCUT2D eigenvalue weighted by molar-refractivity contribution is -0.0233. The van der Waals surface area contributed by atoms with E-state index in [1.165, 1.54) is 4.68 Å². The van der Waals surface area contributed by atoms with Gasteiger partial charge in [0.25, 0.3) is 5.91 Å². The summed E-state index contributed by atoms with van der Waals surface area (Å²) in [7, 11) is -4.67. The SMILES string of the molecule is CCOC(=O)N1CCC2(CC1)C[C@H](NC(=O)c1cccc3cn(COP(=O)(O)O)nc13)c1ccccc1O2.NC(CO)(CO)CO.NC(CO)(CO)CO. The molecule has 0 radical (unpaired) electrons. The van der Waals surface area contributed by atoms with E-state index >= 15 is 0 Å². The van der Waals surface area contributed by atoms with Crippen LogP contribution in [-0.4, -0.2) is 143 Å². The van der Waals surface area contributed by atoms with E-state index in [0.29, 0.717) is 61.2 Å². The molecule has 21 heteroatoms. The molecular weight excluding hydrogens is 735 g/mol. The molecule has 0 unspecified atom stereocenters. The van der Waals surface area contributed by atoms with Crippen LogP contribution in [0, 0.1) is 0 Å². The Morgan fingerprint density at radius 2 is 1.52 bits per heavy atom. The number of fused-ring (bicyclic) bond motifs is 2. The van der Waals surface area contributed by atoms with Gasteiger partial charge >= 0.3 is 13.9 Å². The van der Waals surface area contributed by atoms with Gasteiger partial charge in [0.1, 0.15) is 16.9 Å². The van der Waals surface area contributed by atoms with Crippen molar-refractivity contribution in [1.29, 1.82) is 0 Å². The van der Waals surface area contributed by atoms with E-state index < -0.39 is 70.9 Å². The highest BCUT2D eigenvalue weighted by Gasteiger charge is 2.44. The molecule has 3 heterocycles. The van der Waals surface area contributed by atoms with Gasteiger partial charge in [0.15, 0.2) is 6.73 Å². The summed E-state index contributed by atoms with van der Waals surface area (Å²) in [5.41, 5.74) is 8.92. The summed E-state index contributed by atoms with van der Waals surface area (Å²) in [6.07, 6.45) is 2.96. The molecule has 302 valence electrons. The van der Waals surface area contributed by atoms with Gasteiger partial charge in [-0.05, 0) is 19.1 Å². The molecule has 2 amide bonds. The predicted octanol–water partition coefficient (Wildman–Crippen LogP) is -1.33. The minimum atomic E-state index is -4.67. The molecule has 3 aromatic rings. The average Bonchev–Trinajstić information content (AvgIpc) is 3.61. The number of ether oxygens (including phenoxy) is 2. The average molecular weight is 787 g/mol. The van der Waals surface area contributed by atoms with Crippen molar-refractivity contribution in [1.82, 2.24) is 20.0 Å². The van der Waals surface area contributed by atoms with Gasteiger partial charge in [-0.3, -0.25) is 9.32 Å². The lowest BCUT2D eigenvalue weighted by Gasteiger charge is -2.46. The molecule has 0 saturated carbocycles. The van der Waals surface area contributed by atoms with Gasteiger partial charge in [-0.15, -0.1) is 0 Å². The predicted molar refractivity (Wildman–Crippen MR) is 192 cm³/mol. The number of hydrogen-bond donors (Lipinski definition) is 11. The fourth-order valence-corrected chi connectivity index (χ4v) is 5.65. The van der Waals surface area contributed by atoms with Gasteiger partial charge in [-0.25, -0.2) is 14.0 Å². The number of phosphoric ester groups is 1. The summed E-state index contributed by atoms with van der Waals surface area (Å²) in [6.45, 7) is 0.210.